The summed E-state index contributed by atoms with van der Waals surface area (Å²) in [6.45, 7) is 0.0681. The topological polar surface area (TPSA) is 60.8 Å². The highest BCUT2D eigenvalue weighted by Gasteiger charge is 2.36. The van der Waals surface area contributed by atoms with Gasteiger partial charge in [0.1, 0.15) is 0 Å². The van der Waals surface area contributed by atoms with Crippen molar-refractivity contribution >= 4 is 5.91 Å². The Hall–Kier alpha value is -2.17. The highest BCUT2D eigenvalue weighted by atomic mass is 16.3. The van der Waals surface area contributed by atoms with Crippen molar-refractivity contribution in [1.82, 2.24) is 4.90 Å². The van der Waals surface area contributed by atoms with E-state index in [0.717, 1.165) is 5.56 Å². The van der Waals surface area contributed by atoms with Crippen LogP contribution in [0.2, 0.25) is 0 Å². The van der Waals surface area contributed by atoms with Gasteiger partial charge in [0.25, 0.3) is 5.91 Å². The molecular weight excluding hydrogens is 254 g/mol. The minimum atomic E-state index is -0.989. The molecule has 1 heterocycles. The predicted molar refractivity (Wildman–Crippen MR) is 73.8 cm³/mol. The fourth-order valence-corrected chi connectivity index (χ4v) is 2.50. The zero-order valence-electron chi connectivity index (χ0n) is 10.8. The SMILES string of the molecule is O=C1c2ccccc2C(O)N1CC(O)c1ccccc1. The third-order valence-corrected chi connectivity index (χ3v) is 3.58. The zero-order chi connectivity index (χ0) is 14.1. The van der Waals surface area contributed by atoms with E-state index in [9.17, 15) is 15.0 Å². The van der Waals surface area contributed by atoms with E-state index < -0.39 is 12.3 Å². The maximum Gasteiger partial charge on any atom is 0.256 e. The molecule has 2 N–H and O–H groups in total. The van der Waals surface area contributed by atoms with E-state index in [1.807, 2.05) is 18.2 Å². The molecule has 1 amide bonds. The van der Waals surface area contributed by atoms with Crippen LogP contribution >= 0.6 is 0 Å². The zero-order valence-corrected chi connectivity index (χ0v) is 10.8. The van der Waals surface area contributed by atoms with Gasteiger partial charge in [-0.1, -0.05) is 48.5 Å². The number of aliphatic hydroxyl groups excluding tert-OH is 2. The number of fused-ring (bicyclic) bond motifs is 1. The van der Waals surface area contributed by atoms with E-state index in [1.54, 1.807) is 36.4 Å². The summed E-state index contributed by atoms with van der Waals surface area (Å²) in [5.41, 5.74) is 1.82. The van der Waals surface area contributed by atoms with Gasteiger partial charge in [-0.15, -0.1) is 0 Å². The van der Waals surface area contributed by atoms with Crippen LogP contribution in [0.5, 0.6) is 0 Å². The average Bonchev–Trinajstić information content (AvgIpc) is 2.74. The molecule has 0 saturated heterocycles. The van der Waals surface area contributed by atoms with Crippen LogP contribution in [0.15, 0.2) is 54.6 Å². The van der Waals surface area contributed by atoms with Crippen molar-refractivity contribution in [2.24, 2.45) is 0 Å². The van der Waals surface area contributed by atoms with E-state index in [1.165, 1.54) is 4.90 Å². The Morgan fingerprint density at radius 2 is 1.70 bits per heavy atom. The van der Waals surface area contributed by atoms with Gasteiger partial charge in [0, 0.05) is 11.1 Å². The molecule has 102 valence electrons. The monoisotopic (exact) mass is 269 g/mol. The number of hydrogen-bond acceptors (Lipinski definition) is 3. The van der Waals surface area contributed by atoms with Crippen LogP contribution < -0.4 is 0 Å². The molecule has 0 aliphatic carbocycles. The van der Waals surface area contributed by atoms with E-state index in [-0.39, 0.29) is 12.5 Å². The molecule has 1 aliphatic heterocycles. The van der Waals surface area contributed by atoms with Gasteiger partial charge < -0.3 is 15.1 Å². The Morgan fingerprint density at radius 1 is 1.05 bits per heavy atom. The number of hydrogen-bond donors (Lipinski definition) is 2. The largest absolute Gasteiger partial charge is 0.387 e. The molecule has 2 atom stereocenters. The quantitative estimate of drug-likeness (QED) is 0.894. The summed E-state index contributed by atoms with van der Waals surface area (Å²) in [7, 11) is 0. The average molecular weight is 269 g/mol. The standard InChI is InChI=1S/C16H15NO3/c18-14(11-6-2-1-3-7-11)10-17-15(19)12-8-4-5-9-13(12)16(17)20/h1-9,14-15,18-19H,10H2. The van der Waals surface area contributed by atoms with E-state index in [2.05, 4.69) is 0 Å². The van der Waals surface area contributed by atoms with Crippen LogP contribution in [-0.2, 0) is 0 Å². The van der Waals surface area contributed by atoms with E-state index >= 15 is 0 Å². The van der Waals surface area contributed by atoms with Crippen LogP contribution in [0.3, 0.4) is 0 Å². The molecule has 0 fully saturated rings. The van der Waals surface area contributed by atoms with E-state index in [0.29, 0.717) is 11.1 Å². The Kier molecular flexibility index (Phi) is 3.26. The molecule has 0 spiro atoms. The first-order valence-electron chi connectivity index (χ1n) is 6.49. The molecule has 0 radical (unpaired) electrons. The summed E-state index contributed by atoms with van der Waals surface area (Å²) in [6, 6.07) is 16.1. The van der Waals surface area contributed by atoms with Crippen LogP contribution in [-0.4, -0.2) is 27.6 Å². The van der Waals surface area contributed by atoms with Gasteiger partial charge in [-0.2, -0.15) is 0 Å². The smallest absolute Gasteiger partial charge is 0.256 e. The fourth-order valence-electron chi connectivity index (χ4n) is 2.50. The van der Waals surface area contributed by atoms with Crippen molar-refractivity contribution in [2.75, 3.05) is 6.54 Å². The van der Waals surface area contributed by atoms with Gasteiger partial charge in [-0.25, -0.2) is 0 Å². The first-order chi connectivity index (χ1) is 9.68. The third-order valence-electron chi connectivity index (χ3n) is 3.58. The maximum atomic E-state index is 12.2. The molecule has 3 rings (SSSR count). The molecule has 4 heteroatoms. The summed E-state index contributed by atoms with van der Waals surface area (Å²) < 4.78 is 0. The lowest BCUT2D eigenvalue weighted by Crippen LogP contribution is -2.32. The number of amides is 1. The number of carbonyl (C=O) groups is 1. The molecule has 1 aliphatic rings. The highest BCUT2D eigenvalue weighted by Crippen LogP contribution is 2.32. The minimum Gasteiger partial charge on any atom is -0.387 e. The Labute approximate surface area is 116 Å². The number of nitrogens with zero attached hydrogens (tertiary/aromatic N) is 1. The number of β-amino-alcohol motifs (C(OH)–C–C–N with tert-alkyl or cyclic N) is 1. The van der Waals surface area contributed by atoms with Gasteiger partial charge in [-0.3, -0.25) is 4.79 Å². The van der Waals surface area contributed by atoms with Gasteiger partial charge in [0.2, 0.25) is 0 Å². The van der Waals surface area contributed by atoms with Crippen LogP contribution in [0.25, 0.3) is 0 Å². The molecule has 20 heavy (non-hydrogen) atoms. The molecule has 2 aromatic carbocycles. The number of benzene rings is 2. The summed E-state index contributed by atoms with van der Waals surface area (Å²) in [4.78, 5) is 13.5. The van der Waals surface area contributed by atoms with Gasteiger partial charge in [0.15, 0.2) is 6.23 Å². The number of aliphatic hydroxyl groups is 2. The normalized spacial score (nSPS) is 19.0. The highest BCUT2D eigenvalue weighted by molar-refractivity contribution is 5.98. The van der Waals surface area contributed by atoms with Crippen molar-refractivity contribution in [3.63, 3.8) is 0 Å². The molecule has 4 nitrogen and oxygen atoms in total. The van der Waals surface area contributed by atoms with Gasteiger partial charge in [-0.05, 0) is 11.6 Å². The first kappa shape index (κ1) is 12.8. The molecule has 0 aromatic heterocycles. The van der Waals surface area contributed by atoms with Crippen LogP contribution in [0.1, 0.15) is 33.8 Å². The summed E-state index contributed by atoms with van der Waals surface area (Å²) in [5, 5.41) is 20.4. The van der Waals surface area contributed by atoms with Crippen LogP contribution in [0.4, 0.5) is 0 Å². The van der Waals surface area contributed by atoms with Crippen molar-refractivity contribution in [3.8, 4) is 0 Å². The molecule has 2 unspecified atom stereocenters. The van der Waals surface area contributed by atoms with Gasteiger partial charge in [0.05, 0.1) is 12.6 Å². The maximum absolute atomic E-state index is 12.2. The Morgan fingerprint density at radius 3 is 2.40 bits per heavy atom. The fraction of sp³-hybridized carbons (Fsp3) is 0.188. The summed E-state index contributed by atoms with van der Waals surface area (Å²) in [5.74, 6) is -0.247. The van der Waals surface area contributed by atoms with Crippen molar-refractivity contribution in [3.05, 3.63) is 71.3 Å². The number of carbonyl (C=O) groups excluding carboxylic acids is 1. The van der Waals surface area contributed by atoms with Gasteiger partial charge >= 0.3 is 0 Å². The molecule has 0 bridgehead atoms. The summed E-state index contributed by atoms with van der Waals surface area (Å²) >= 11 is 0. The third kappa shape index (κ3) is 2.09. The van der Waals surface area contributed by atoms with Crippen molar-refractivity contribution in [2.45, 2.75) is 12.3 Å². The molecule has 2 aromatic rings. The number of rotatable bonds is 3. The Bertz CT molecular complexity index is 627. The molecular formula is C16H15NO3. The van der Waals surface area contributed by atoms with Crippen molar-refractivity contribution in [1.29, 1.82) is 0 Å². The second-order valence-electron chi connectivity index (χ2n) is 4.84. The minimum absolute atomic E-state index is 0.0681. The van der Waals surface area contributed by atoms with Crippen LogP contribution in [0, 0.1) is 0 Å². The Balaban J connectivity index is 1.82. The second-order valence-corrected chi connectivity index (χ2v) is 4.84. The lowest BCUT2D eigenvalue weighted by Gasteiger charge is -2.24. The van der Waals surface area contributed by atoms with E-state index in [4.69, 9.17) is 0 Å². The predicted octanol–water partition coefficient (Wildman–Crippen LogP) is 1.87. The second kappa shape index (κ2) is 5.07. The molecule has 0 saturated carbocycles. The first-order valence-corrected chi connectivity index (χ1v) is 6.49. The lowest BCUT2D eigenvalue weighted by atomic mass is 10.1. The van der Waals surface area contributed by atoms with Crippen molar-refractivity contribution < 1.29 is 15.0 Å². The summed E-state index contributed by atoms with van der Waals surface area (Å²) in [6.07, 6.45) is -1.80. The lowest BCUT2D eigenvalue weighted by molar-refractivity contribution is -0.00384.